The highest BCUT2D eigenvalue weighted by Gasteiger charge is 2.12. The number of hydrogen-bond acceptors (Lipinski definition) is 3. The zero-order valence-electron chi connectivity index (χ0n) is 10.8. The average Bonchev–Trinajstić information content (AvgIpc) is 2.30. The van der Waals surface area contributed by atoms with Gasteiger partial charge in [-0.2, -0.15) is 0 Å². The van der Waals surface area contributed by atoms with E-state index in [1.165, 1.54) is 0 Å². The van der Waals surface area contributed by atoms with Gasteiger partial charge in [0.1, 0.15) is 5.75 Å². The molecule has 0 atom stereocenters. The van der Waals surface area contributed by atoms with Crippen LogP contribution in [0, 0.1) is 5.92 Å². The van der Waals surface area contributed by atoms with E-state index in [2.05, 4.69) is 6.92 Å². The van der Waals surface area contributed by atoms with Crippen LogP contribution < -0.4 is 10.5 Å². The van der Waals surface area contributed by atoms with Crippen molar-refractivity contribution in [1.29, 1.82) is 0 Å². The van der Waals surface area contributed by atoms with Crippen LogP contribution >= 0.6 is 0 Å². The molecule has 3 heteroatoms. The molecule has 0 aromatic heterocycles. The lowest BCUT2D eigenvalue weighted by molar-refractivity contribution is 0.0939. The molecule has 0 aliphatic carbocycles. The van der Waals surface area contributed by atoms with E-state index in [9.17, 15) is 4.79 Å². The van der Waals surface area contributed by atoms with Crippen molar-refractivity contribution in [3.8, 4) is 5.75 Å². The highest BCUT2D eigenvalue weighted by molar-refractivity contribution is 5.98. The van der Waals surface area contributed by atoms with Crippen molar-refractivity contribution in [2.45, 2.75) is 33.6 Å². The van der Waals surface area contributed by atoms with Gasteiger partial charge in [-0.1, -0.05) is 27.2 Å². The van der Waals surface area contributed by atoms with Crippen LogP contribution in [0.15, 0.2) is 18.2 Å². The van der Waals surface area contributed by atoms with Gasteiger partial charge in [-0.05, 0) is 24.6 Å². The fourth-order valence-corrected chi connectivity index (χ4v) is 1.49. The zero-order valence-corrected chi connectivity index (χ0v) is 10.8. The van der Waals surface area contributed by atoms with Gasteiger partial charge in [-0.15, -0.1) is 0 Å². The van der Waals surface area contributed by atoms with Gasteiger partial charge in [0.15, 0.2) is 5.78 Å². The quantitative estimate of drug-likeness (QED) is 0.467. The lowest BCUT2D eigenvalue weighted by Gasteiger charge is -2.10. The van der Waals surface area contributed by atoms with Gasteiger partial charge < -0.3 is 10.5 Å². The molecule has 0 aliphatic rings. The number of unbranched alkanes of at least 4 members (excludes halogenated alkanes) is 1. The summed E-state index contributed by atoms with van der Waals surface area (Å²) >= 11 is 0. The predicted octanol–water partition coefficient (Wildman–Crippen LogP) is 3.29. The van der Waals surface area contributed by atoms with Crippen LogP contribution in [0.4, 0.5) is 5.69 Å². The maximum Gasteiger partial charge on any atom is 0.165 e. The van der Waals surface area contributed by atoms with E-state index < -0.39 is 0 Å². The van der Waals surface area contributed by atoms with Crippen LogP contribution in [0.1, 0.15) is 44.0 Å². The minimum atomic E-state index is -0.0127. The Morgan fingerprint density at radius 2 is 2.12 bits per heavy atom. The Bertz CT molecular complexity index is 386. The summed E-state index contributed by atoms with van der Waals surface area (Å²) in [5.41, 5.74) is 7.05. The number of rotatable bonds is 6. The van der Waals surface area contributed by atoms with E-state index in [1.54, 1.807) is 18.2 Å². The molecule has 0 aliphatic heterocycles. The second-order valence-electron chi connectivity index (χ2n) is 4.47. The average molecular weight is 235 g/mol. The Kier molecular flexibility index (Phi) is 5.01. The van der Waals surface area contributed by atoms with Gasteiger partial charge in [0, 0.05) is 11.5 Å². The molecule has 0 fully saturated rings. The zero-order chi connectivity index (χ0) is 12.8. The fourth-order valence-electron chi connectivity index (χ4n) is 1.49. The predicted molar refractivity (Wildman–Crippen MR) is 70.4 cm³/mol. The molecule has 1 rings (SSSR count). The van der Waals surface area contributed by atoms with Gasteiger partial charge in [-0.3, -0.25) is 4.79 Å². The standard InChI is InChI=1S/C14H21NO2/c1-4-5-8-17-13-7-6-11(9-12(13)15)14(16)10(2)3/h6-7,9-10H,4-5,8,15H2,1-3H3. The third-order valence-electron chi connectivity index (χ3n) is 2.57. The van der Waals surface area contributed by atoms with Crippen LogP contribution in [-0.2, 0) is 0 Å². The molecule has 1 aromatic rings. The first-order valence-corrected chi connectivity index (χ1v) is 6.12. The number of hydrogen-bond donors (Lipinski definition) is 1. The molecule has 0 radical (unpaired) electrons. The van der Waals surface area contributed by atoms with Gasteiger partial charge >= 0.3 is 0 Å². The highest BCUT2D eigenvalue weighted by Crippen LogP contribution is 2.24. The molecule has 0 saturated carbocycles. The van der Waals surface area contributed by atoms with Crippen molar-refractivity contribution in [3.05, 3.63) is 23.8 Å². The number of anilines is 1. The van der Waals surface area contributed by atoms with Crippen molar-refractivity contribution in [2.24, 2.45) is 5.92 Å². The molecule has 3 nitrogen and oxygen atoms in total. The molecule has 0 bridgehead atoms. The molecule has 0 unspecified atom stereocenters. The van der Waals surface area contributed by atoms with E-state index in [4.69, 9.17) is 10.5 Å². The Hall–Kier alpha value is -1.51. The molecular formula is C14H21NO2. The molecule has 0 heterocycles. The van der Waals surface area contributed by atoms with Gasteiger partial charge in [0.25, 0.3) is 0 Å². The van der Waals surface area contributed by atoms with Crippen molar-refractivity contribution >= 4 is 11.5 Å². The number of ketones is 1. The summed E-state index contributed by atoms with van der Waals surface area (Å²) in [5.74, 6) is 0.761. The first-order valence-electron chi connectivity index (χ1n) is 6.12. The fraction of sp³-hybridized carbons (Fsp3) is 0.500. The van der Waals surface area contributed by atoms with Crippen molar-refractivity contribution in [3.63, 3.8) is 0 Å². The van der Waals surface area contributed by atoms with Crippen molar-refractivity contribution < 1.29 is 9.53 Å². The molecule has 2 N–H and O–H groups in total. The minimum Gasteiger partial charge on any atom is -0.491 e. The summed E-state index contributed by atoms with van der Waals surface area (Å²) < 4.78 is 5.54. The second-order valence-corrected chi connectivity index (χ2v) is 4.47. The van der Waals surface area contributed by atoms with Gasteiger partial charge in [-0.25, -0.2) is 0 Å². The number of carbonyl (C=O) groups excluding carboxylic acids is 1. The van der Waals surface area contributed by atoms with Crippen LogP contribution in [0.3, 0.4) is 0 Å². The SMILES string of the molecule is CCCCOc1ccc(C(=O)C(C)C)cc1N. The van der Waals surface area contributed by atoms with E-state index >= 15 is 0 Å². The number of Topliss-reactive ketones (excluding diaryl/α,β-unsaturated/α-hetero) is 1. The largest absolute Gasteiger partial charge is 0.491 e. The first kappa shape index (κ1) is 13.6. The Morgan fingerprint density at radius 3 is 2.65 bits per heavy atom. The number of benzene rings is 1. The Morgan fingerprint density at radius 1 is 1.41 bits per heavy atom. The van der Waals surface area contributed by atoms with Gasteiger partial charge in [0.05, 0.1) is 12.3 Å². The van der Waals surface area contributed by atoms with E-state index in [-0.39, 0.29) is 11.7 Å². The van der Waals surface area contributed by atoms with E-state index in [0.29, 0.717) is 23.6 Å². The number of ether oxygens (including phenoxy) is 1. The monoisotopic (exact) mass is 235 g/mol. The number of nitrogen functional groups attached to an aromatic ring is 1. The summed E-state index contributed by atoms with van der Waals surface area (Å²) in [5, 5.41) is 0. The van der Waals surface area contributed by atoms with Gasteiger partial charge in [0.2, 0.25) is 0 Å². The summed E-state index contributed by atoms with van der Waals surface area (Å²) in [6, 6.07) is 5.25. The smallest absolute Gasteiger partial charge is 0.165 e. The van der Waals surface area contributed by atoms with Crippen LogP contribution in [0.5, 0.6) is 5.75 Å². The lowest BCUT2D eigenvalue weighted by atomic mass is 10.0. The molecule has 0 amide bonds. The summed E-state index contributed by atoms with van der Waals surface area (Å²) in [4.78, 5) is 11.8. The van der Waals surface area contributed by atoms with Crippen molar-refractivity contribution in [2.75, 3.05) is 12.3 Å². The Balaban J connectivity index is 2.75. The summed E-state index contributed by atoms with van der Waals surface area (Å²) in [7, 11) is 0. The number of nitrogens with two attached hydrogens (primary N) is 1. The summed E-state index contributed by atoms with van der Waals surface area (Å²) in [6.07, 6.45) is 2.09. The first-order chi connectivity index (χ1) is 8.06. The maximum atomic E-state index is 11.8. The van der Waals surface area contributed by atoms with Crippen LogP contribution in [0.25, 0.3) is 0 Å². The normalized spacial score (nSPS) is 10.6. The van der Waals surface area contributed by atoms with E-state index in [1.807, 2.05) is 13.8 Å². The van der Waals surface area contributed by atoms with Crippen molar-refractivity contribution in [1.82, 2.24) is 0 Å². The topological polar surface area (TPSA) is 52.3 Å². The molecule has 94 valence electrons. The lowest BCUT2D eigenvalue weighted by Crippen LogP contribution is -2.08. The van der Waals surface area contributed by atoms with Crippen LogP contribution in [-0.4, -0.2) is 12.4 Å². The second kappa shape index (κ2) is 6.28. The molecular weight excluding hydrogens is 214 g/mol. The number of carbonyl (C=O) groups is 1. The van der Waals surface area contributed by atoms with Crippen LogP contribution in [0.2, 0.25) is 0 Å². The van der Waals surface area contributed by atoms with E-state index in [0.717, 1.165) is 12.8 Å². The minimum absolute atomic E-state index is 0.0127. The Labute approximate surface area is 103 Å². The molecule has 1 aromatic carbocycles. The molecule has 0 saturated heterocycles. The molecule has 17 heavy (non-hydrogen) atoms. The molecule has 0 spiro atoms. The third kappa shape index (κ3) is 3.77. The third-order valence-corrected chi connectivity index (χ3v) is 2.57. The highest BCUT2D eigenvalue weighted by atomic mass is 16.5. The summed E-state index contributed by atoms with van der Waals surface area (Å²) in [6.45, 7) is 6.53. The maximum absolute atomic E-state index is 11.8.